The lowest BCUT2D eigenvalue weighted by Crippen LogP contribution is -2.24. The van der Waals surface area contributed by atoms with Gasteiger partial charge in [0.25, 0.3) is 5.56 Å². The van der Waals surface area contributed by atoms with Gasteiger partial charge in [0, 0.05) is 11.3 Å². The summed E-state index contributed by atoms with van der Waals surface area (Å²) in [5, 5.41) is 5.05. The van der Waals surface area contributed by atoms with Crippen molar-refractivity contribution in [3.8, 4) is 0 Å². The second kappa shape index (κ2) is 8.81. The van der Waals surface area contributed by atoms with E-state index in [1.54, 1.807) is 29.6 Å². The average Bonchev–Trinajstić information content (AvgIpc) is 3.21. The Morgan fingerprint density at radius 2 is 1.93 bits per heavy atom. The van der Waals surface area contributed by atoms with Crippen molar-refractivity contribution in [3.63, 3.8) is 0 Å². The summed E-state index contributed by atoms with van der Waals surface area (Å²) in [5.41, 5.74) is 2.44. The molecule has 0 atom stereocenters. The zero-order valence-electron chi connectivity index (χ0n) is 16.1. The standard InChI is InChI=1S/C22H18FN3O2S2/c1-14-6-2-5-9-17(14)24-19(27)13-30-22-25-18-10-11-29-20(18)21(28)26(22)12-15-7-3-4-8-16(15)23/h2-11H,12-13H2,1H3,(H,24,27). The van der Waals surface area contributed by atoms with E-state index in [1.165, 1.54) is 22.0 Å². The average molecular weight is 440 g/mol. The van der Waals surface area contributed by atoms with Gasteiger partial charge in [0.2, 0.25) is 5.91 Å². The minimum Gasteiger partial charge on any atom is -0.325 e. The molecule has 8 heteroatoms. The molecule has 2 aromatic heterocycles. The van der Waals surface area contributed by atoms with Gasteiger partial charge in [0.1, 0.15) is 10.5 Å². The molecule has 0 aliphatic heterocycles. The number of aromatic nitrogens is 2. The van der Waals surface area contributed by atoms with E-state index in [4.69, 9.17) is 0 Å². The molecule has 0 saturated heterocycles. The van der Waals surface area contributed by atoms with Crippen LogP contribution in [-0.4, -0.2) is 21.2 Å². The fourth-order valence-electron chi connectivity index (χ4n) is 3.00. The number of nitrogens with zero attached hydrogens (tertiary/aromatic N) is 2. The molecular formula is C22H18FN3O2S2. The third-order valence-electron chi connectivity index (χ3n) is 4.57. The van der Waals surface area contributed by atoms with Crippen LogP contribution in [0.4, 0.5) is 10.1 Å². The molecule has 0 spiro atoms. The van der Waals surface area contributed by atoms with E-state index in [-0.39, 0.29) is 29.6 Å². The maximum atomic E-state index is 14.2. The van der Waals surface area contributed by atoms with Crippen molar-refractivity contribution >= 4 is 44.9 Å². The quantitative estimate of drug-likeness (QED) is 0.350. The number of carbonyl (C=O) groups excluding carboxylic acids is 1. The van der Waals surface area contributed by atoms with Gasteiger partial charge in [0.05, 0.1) is 17.8 Å². The number of benzene rings is 2. The summed E-state index contributed by atoms with van der Waals surface area (Å²) in [6.07, 6.45) is 0. The molecule has 2 heterocycles. The zero-order chi connectivity index (χ0) is 21.1. The van der Waals surface area contributed by atoms with Gasteiger partial charge in [-0.05, 0) is 36.1 Å². The highest BCUT2D eigenvalue weighted by atomic mass is 32.2. The van der Waals surface area contributed by atoms with E-state index in [9.17, 15) is 14.0 Å². The van der Waals surface area contributed by atoms with Crippen LogP contribution in [0.3, 0.4) is 0 Å². The van der Waals surface area contributed by atoms with E-state index in [1.807, 2.05) is 31.2 Å². The van der Waals surface area contributed by atoms with Crippen LogP contribution in [0, 0.1) is 12.7 Å². The Morgan fingerprint density at radius 1 is 1.17 bits per heavy atom. The van der Waals surface area contributed by atoms with Gasteiger partial charge in [0.15, 0.2) is 5.16 Å². The number of fused-ring (bicyclic) bond motifs is 1. The maximum absolute atomic E-state index is 14.2. The second-order valence-corrected chi connectivity index (χ2v) is 8.52. The Balaban J connectivity index is 1.61. The normalized spacial score (nSPS) is 11.0. The highest BCUT2D eigenvalue weighted by Crippen LogP contribution is 2.23. The third kappa shape index (κ3) is 4.29. The lowest BCUT2D eigenvalue weighted by Gasteiger charge is -2.13. The first-order valence-corrected chi connectivity index (χ1v) is 11.1. The smallest absolute Gasteiger partial charge is 0.272 e. The van der Waals surface area contributed by atoms with Crippen LogP contribution in [0.5, 0.6) is 0 Å². The predicted molar refractivity (Wildman–Crippen MR) is 120 cm³/mol. The number of carbonyl (C=O) groups is 1. The van der Waals surface area contributed by atoms with Crippen molar-refractivity contribution < 1.29 is 9.18 Å². The first-order chi connectivity index (χ1) is 14.5. The Hall–Kier alpha value is -2.97. The second-order valence-electron chi connectivity index (χ2n) is 6.66. The molecular weight excluding hydrogens is 421 g/mol. The van der Waals surface area contributed by atoms with Crippen LogP contribution < -0.4 is 10.9 Å². The van der Waals surface area contributed by atoms with Gasteiger partial charge in [-0.1, -0.05) is 48.2 Å². The Labute approximate surface area is 180 Å². The van der Waals surface area contributed by atoms with Gasteiger partial charge in [-0.2, -0.15) is 0 Å². The van der Waals surface area contributed by atoms with E-state index in [0.29, 0.717) is 20.9 Å². The monoisotopic (exact) mass is 439 g/mol. The number of aryl methyl sites for hydroxylation is 1. The van der Waals surface area contributed by atoms with E-state index < -0.39 is 0 Å². The van der Waals surface area contributed by atoms with Gasteiger partial charge < -0.3 is 5.32 Å². The number of halogens is 1. The van der Waals surface area contributed by atoms with Crippen LogP contribution in [0.25, 0.3) is 10.2 Å². The summed E-state index contributed by atoms with van der Waals surface area (Å²) in [4.78, 5) is 30.0. The molecule has 0 fully saturated rings. The molecule has 4 aromatic rings. The summed E-state index contributed by atoms with van der Waals surface area (Å²) in [6.45, 7) is 1.97. The molecule has 0 unspecified atom stereocenters. The highest BCUT2D eigenvalue weighted by molar-refractivity contribution is 7.99. The van der Waals surface area contributed by atoms with E-state index in [2.05, 4.69) is 10.3 Å². The topological polar surface area (TPSA) is 64.0 Å². The van der Waals surface area contributed by atoms with Crippen molar-refractivity contribution in [1.29, 1.82) is 0 Å². The van der Waals surface area contributed by atoms with Gasteiger partial charge in [-0.25, -0.2) is 9.37 Å². The molecule has 1 amide bonds. The van der Waals surface area contributed by atoms with Gasteiger partial charge in [-0.3, -0.25) is 14.2 Å². The summed E-state index contributed by atoms with van der Waals surface area (Å²) < 4.78 is 16.1. The van der Waals surface area contributed by atoms with Crippen molar-refractivity contribution in [2.24, 2.45) is 0 Å². The van der Waals surface area contributed by atoms with Crippen molar-refractivity contribution in [1.82, 2.24) is 9.55 Å². The van der Waals surface area contributed by atoms with Crippen LogP contribution >= 0.6 is 23.1 Å². The minimum atomic E-state index is -0.385. The van der Waals surface area contributed by atoms with Crippen molar-refractivity contribution in [2.75, 3.05) is 11.1 Å². The zero-order valence-corrected chi connectivity index (χ0v) is 17.7. The fraction of sp³-hybridized carbons (Fsp3) is 0.136. The highest BCUT2D eigenvalue weighted by Gasteiger charge is 2.16. The molecule has 0 aliphatic rings. The summed E-state index contributed by atoms with van der Waals surface area (Å²) in [6, 6.07) is 15.6. The first-order valence-electron chi connectivity index (χ1n) is 9.22. The molecule has 5 nitrogen and oxygen atoms in total. The molecule has 4 rings (SSSR count). The number of thiophene rings is 1. The SMILES string of the molecule is Cc1ccccc1NC(=O)CSc1nc2ccsc2c(=O)n1Cc1ccccc1F. The number of hydrogen-bond donors (Lipinski definition) is 1. The van der Waals surface area contributed by atoms with E-state index in [0.717, 1.165) is 23.0 Å². The number of rotatable bonds is 6. The van der Waals surface area contributed by atoms with E-state index >= 15 is 0 Å². The molecule has 30 heavy (non-hydrogen) atoms. The Kier molecular flexibility index (Phi) is 5.96. The lowest BCUT2D eigenvalue weighted by atomic mass is 10.2. The minimum absolute atomic E-state index is 0.0497. The van der Waals surface area contributed by atoms with Crippen LogP contribution in [0.15, 0.2) is 69.9 Å². The number of para-hydroxylation sites is 1. The van der Waals surface area contributed by atoms with Crippen molar-refractivity contribution in [3.05, 3.63) is 87.3 Å². The number of thioether (sulfide) groups is 1. The number of nitrogens with one attached hydrogen (secondary N) is 1. The first kappa shape index (κ1) is 20.3. The number of anilines is 1. The molecule has 1 N–H and O–H groups in total. The summed E-state index contributed by atoms with van der Waals surface area (Å²) >= 11 is 2.46. The van der Waals surface area contributed by atoms with Crippen LogP contribution in [0.1, 0.15) is 11.1 Å². The molecule has 2 aromatic carbocycles. The summed E-state index contributed by atoms with van der Waals surface area (Å²) in [7, 11) is 0. The Morgan fingerprint density at radius 3 is 2.73 bits per heavy atom. The Bertz CT molecular complexity index is 1280. The van der Waals surface area contributed by atoms with Gasteiger partial charge in [-0.15, -0.1) is 11.3 Å². The molecule has 0 radical (unpaired) electrons. The predicted octanol–water partition coefficient (Wildman–Crippen LogP) is 4.68. The number of hydrogen-bond acceptors (Lipinski definition) is 5. The molecule has 0 saturated carbocycles. The third-order valence-corrected chi connectivity index (χ3v) is 6.44. The number of amides is 1. The van der Waals surface area contributed by atoms with Crippen LogP contribution in [-0.2, 0) is 11.3 Å². The molecule has 0 aliphatic carbocycles. The summed E-state index contributed by atoms with van der Waals surface area (Å²) in [5.74, 6) is -0.511. The van der Waals surface area contributed by atoms with Crippen LogP contribution in [0.2, 0.25) is 0 Å². The van der Waals surface area contributed by atoms with Gasteiger partial charge >= 0.3 is 0 Å². The van der Waals surface area contributed by atoms with Crippen molar-refractivity contribution in [2.45, 2.75) is 18.6 Å². The largest absolute Gasteiger partial charge is 0.325 e. The fourth-order valence-corrected chi connectivity index (χ4v) is 4.58. The maximum Gasteiger partial charge on any atom is 0.272 e. The lowest BCUT2D eigenvalue weighted by molar-refractivity contribution is -0.113. The molecule has 0 bridgehead atoms. The molecule has 152 valence electrons.